The van der Waals surface area contributed by atoms with Gasteiger partial charge in [-0.15, -0.1) is 4.28 Å². The Bertz CT molecular complexity index is 693. The fourth-order valence-electron chi connectivity index (χ4n) is 3.52. The molecule has 0 aromatic rings. The zero-order valence-electron chi connectivity index (χ0n) is 13.9. The number of hydroxylamine groups is 2. The Kier molecular flexibility index (Phi) is 5.32. The molecule has 3 aliphatic heterocycles. The van der Waals surface area contributed by atoms with Gasteiger partial charge in [-0.1, -0.05) is 0 Å². The number of urea groups is 1. The maximum atomic E-state index is 12.3. The minimum Gasteiger partial charge on any atom is -0.313 e. The lowest BCUT2D eigenvalue weighted by Gasteiger charge is -2.29. The molecule has 2 unspecified atom stereocenters. The van der Waals surface area contributed by atoms with Crippen LogP contribution in [0.25, 0.3) is 0 Å². The summed E-state index contributed by atoms with van der Waals surface area (Å²) < 4.78 is 34.7. The number of piperidine rings is 1. The Hall–Kier alpha value is -1.96. The normalized spacial score (nSPS) is 28.3. The van der Waals surface area contributed by atoms with Gasteiger partial charge >= 0.3 is 16.4 Å². The zero-order chi connectivity index (χ0) is 18.9. The topological polar surface area (TPSA) is 157 Å². The molecule has 2 bridgehead atoms. The molecule has 26 heavy (non-hydrogen) atoms. The van der Waals surface area contributed by atoms with Crippen LogP contribution in [-0.4, -0.2) is 72.0 Å². The van der Waals surface area contributed by atoms with Crippen molar-refractivity contribution in [1.29, 1.82) is 0 Å². The van der Waals surface area contributed by atoms with Crippen molar-refractivity contribution in [2.45, 2.75) is 50.2 Å². The van der Waals surface area contributed by atoms with E-state index in [1.165, 1.54) is 0 Å². The van der Waals surface area contributed by atoms with Crippen LogP contribution in [0.3, 0.4) is 0 Å². The quantitative estimate of drug-likeness (QED) is 0.318. The van der Waals surface area contributed by atoms with Crippen LogP contribution in [0, 0.1) is 0 Å². The van der Waals surface area contributed by atoms with E-state index in [0.29, 0.717) is 11.5 Å². The Morgan fingerprint density at radius 1 is 1.27 bits per heavy atom. The number of nitrogens with one attached hydrogen (secondary N) is 3. The molecule has 3 rings (SSSR count). The summed E-state index contributed by atoms with van der Waals surface area (Å²) in [6.45, 7) is 0.957. The number of hydrogen-bond donors (Lipinski definition) is 4. The van der Waals surface area contributed by atoms with Crippen LogP contribution < -0.4 is 16.2 Å². The van der Waals surface area contributed by atoms with E-state index >= 15 is 0 Å². The summed E-state index contributed by atoms with van der Waals surface area (Å²) in [6, 6.07) is -2.17. The van der Waals surface area contributed by atoms with Gasteiger partial charge in [-0.2, -0.15) is 13.5 Å². The summed E-state index contributed by atoms with van der Waals surface area (Å²) >= 11 is 0. The monoisotopic (exact) mass is 391 g/mol. The van der Waals surface area contributed by atoms with Crippen molar-refractivity contribution in [3.05, 3.63) is 0 Å². The molecular formula is C13H21N5O7S. The average molecular weight is 391 g/mol. The summed E-state index contributed by atoms with van der Waals surface area (Å²) in [6.07, 6.45) is 2.74. The fraction of sp³-hybridized carbons (Fsp3) is 0.769. The van der Waals surface area contributed by atoms with Crippen LogP contribution in [0.15, 0.2) is 0 Å². The van der Waals surface area contributed by atoms with Crippen LogP contribution in [-0.2, 0) is 24.3 Å². The van der Waals surface area contributed by atoms with Crippen molar-refractivity contribution in [1.82, 2.24) is 26.1 Å². The van der Waals surface area contributed by atoms with Gasteiger partial charge in [0, 0.05) is 19.0 Å². The first-order valence-corrected chi connectivity index (χ1v) is 9.70. The number of hydrazine groups is 1. The third-order valence-corrected chi connectivity index (χ3v) is 5.07. The number of fused-ring (bicyclic) bond motifs is 2. The lowest BCUT2D eigenvalue weighted by atomic mass is 10.0. The molecule has 4 amide bonds. The number of rotatable bonds is 5. The number of nitrogens with zero attached hydrogens (tertiary/aromatic N) is 2. The van der Waals surface area contributed by atoms with Crippen LogP contribution in [0.5, 0.6) is 0 Å². The summed E-state index contributed by atoms with van der Waals surface area (Å²) in [5.41, 5.74) is 4.64. The van der Waals surface area contributed by atoms with Crippen LogP contribution in [0.1, 0.15) is 32.1 Å². The molecule has 3 fully saturated rings. The molecule has 0 aromatic carbocycles. The van der Waals surface area contributed by atoms with E-state index in [1.54, 1.807) is 0 Å². The van der Waals surface area contributed by atoms with Gasteiger partial charge in [-0.3, -0.25) is 25.0 Å². The summed E-state index contributed by atoms with van der Waals surface area (Å²) in [5, 5.41) is 3.74. The molecule has 12 nitrogen and oxygen atoms in total. The lowest BCUT2D eigenvalue weighted by Crippen LogP contribution is -2.54. The highest BCUT2D eigenvalue weighted by Crippen LogP contribution is 2.30. The molecule has 0 saturated carbocycles. The second-order valence-electron chi connectivity index (χ2n) is 6.54. The number of hydrogen-bond acceptors (Lipinski definition) is 7. The number of carbonyl (C=O) groups is 3. The van der Waals surface area contributed by atoms with E-state index in [1.807, 2.05) is 0 Å². The van der Waals surface area contributed by atoms with E-state index in [0.717, 1.165) is 24.3 Å². The standard InChI is InChI=1S/C13H21N5O7S/c19-11(6-8-2-1-5-14-8)15-16-12(20)10-4-3-9-7-17(10)13(21)18(9)25-26(22,23)24/h8-10,14H,1-7H2,(H,15,19)(H,16,20)(H,22,23,24)/t8?,9?,10-/m0/s1. The molecule has 3 saturated heterocycles. The molecular weight excluding hydrogens is 370 g/mol. The van der Waals surface area contributed by atoms with Crippen molar-refractivity contribution in [3.63, 3.8) is 0 Å². The van der Waals surface area contributed by atoms with Gasteiger partial charge in [0.2, 0.25) is 5.91 Å². The van der Waals surface area contributed by atoms with Gasteiger partial charge in [-0.25, -0.2) is 4.79 Å². The predicted octanol–water partition coefficient (Wildman–Crippen LogP) is -1.72. The summed E-state index contributed by atoms with van der Waals surface area (Å²) in [5.74, 6) is -0.909. The fourth-order valence-corrected chi connectivity index (χ4v) is 3.91. The number of amides is 4. The number of carbonyl (C=O) groups excluding carboxylic acids is 3. The van der Waals surface area contributed by atoms with E-state index in [2.05, 4.69) is 20.5 Å². The van der Waals surface area contributed by atoms with Gasteiger partial charge < -0.3 is 10.2 Å². The first kappa shape index (κ1) is 18.8. The first-order chi connectivity index (χ1) is 12.2. The van der Waals surface area contributed by atoms with E-state index in [9.17, 15) is 22.8 Å². The highest BCUT2D eigenvalue weighted by molar-refractivity contribution is 7.80. The van der Waals surface area contributed by atoms with Crippen LogP contribution in [0.4, 0.5) is 4.79 Å². The largest absolute Gasteiger partial charge is 0.418 e. The maximum absolute atomic E-state index is 12.3. The predicted molar refractivity (Wildman–Crippen MR) is 85.3 cm³/mol. The Balaban J connectivity index is 1.52. The third-order valence-electron chi connectivity index (χ3n) is 4.72. The van der Waals surface area contributed by atoms with Gasteiger partial charge in [0.05, 0.1) is 6.04 Å². The second-order valence-corrected chi connectivity index (χ2v) is 7.55. The Morgan fingerprint density at radius 2 is 2.04 bits per heavy atom. The summed E-state index contributed by atoms with van der Waals surface area (Å²) in [4.78, 5) is 37.5. The molecule has 4 N–H and O–H groups in total. The SMILES string of the molecule is O=C(CC1CCCN1)NNC(=O)[C@@H]1CCC2CN1C(=O)N2OS(=O)(=O)O. The highest BCUT2D eigenvalue weighted by atomic mass is 32.3. The Morgan fingerprint density at radius 3 is 2.69 bits per heavy atom. The van der Waals surface area contributed by atoms with Crippen molar-refractivity contribution in [2.75, 3.05) is 13.1 Å². The second kappa shape index (κ2) is 7.34. The molecule has 3 atom stereocenters. The van der Waals surface area contributed by atoms with Crippen molar-refractivity contribution in [2.24, 2.45) is 0 Å². The van der Waals surface area contributed by atoms with Gasteiger partial charge in [-0.05, 0) is 32.2 Å². The van der Waals surface area contributed by atoms with Crippen molar-refractivity contribution in [3.8, 4) is 0 Å². The molecule has 0 spiro atoms. The van der Waals surface area contributed by atoms with Crippen LogP contribution >= 0.6 is 0 Å². The first-order valence-electron chi connectivity index (χ1n) is 8.33. The maximum Gasteiger partial charge on any atom is 0.418 e. The van der Waals surface area contributed by atoms with E-state index in [4.69, 9.17) is 4.55 Å². The molecule has 0 aliphatic carbocycles. The molecule has 3 heterocycles. The molecule has 146 valence electrons. The third kappa shape index (κ3) is 4.23. The van der Waals surface area contributed by atoms with Crippen molar-refractivity contribution >= 4 is 28.2 Å². The lowest BCUT2D eigenvalue weighted by molar-refractivity contribution is -0.132. The molecule has 0 radical (unpaired) electrons. The Labute approximate surface area is 150 Å². The summed E-state index contributed by atoms with van der Waals surface area (Å²) in [7, 11) is -4.83. The molecule has 0 aromatic heterocycles. The van der Waals surface area contributed by atoms with Gasteiger partial charge in [0.25, 0.3) is 5.91 Å². The van der Waals surface area contributed by atoms with E-state index in [-0.39, 0.29) is 31.3 Å². The van der Waals surface area contributed by atoms with Crippen LogP contribution in [0.2, 0.25) is 0 Å². The zero-order valence-corrected chi connectivity index (χ0v) is 14.7. The van der Waals surface area contributed by atoms with Crippen molar-refractivity contribution < 1.29 is 31.6 Å². The highest BCUT2D eigenvalue weighted by Gasteiger charge is 2.49. The van der Waals surface area contributed by atoms with E-state index < -0.39 is 34.4 Å². The minimum atomic E-state index is -4.83. The average Bonchev–Trinajstić information content (AvgIpc) is 3.15. The molecule has 3 aliphatic rings. The minimum absolute atomic E-state index is 0.0897. The van der Waals surface area contributed by atoms with Gasteiger partial charge in [0.15, 0.2) is 0 Å². The molecule has 13 heteroatoms. The smallest absolute Gasteiger partial charge is 0.313 e. The van der Waals surface area contributed by atoms with Gasteiger partial charge in [0.1, 0.15) is 6.04 Å².